The highest BCUT2D eigenvalue weighted by atomic mass is 19.4. The number of hydrogen-bond acceptors (Lipinski definition) is 6. The minimum atomic E-state index is -4.52. The van der Waals surface area contributed by atoms with E-state index in [2.05, 4.69) is 25.4 Å². The highest BCUT2D eigenvalue weighted by Crippen LogP contribution is 2.36. The quantitative estimate of drug-likeness (QED) is 0.551. The molecule has 0 atom stereocenters. The minimum absolute atomic E-state index is 0.0576. The van der Waals surface area contributed by atoms with E-state index in [1.807, 2.05) is 6.07 Å². The van der Waals surface area contributed by atoms with Gasteiger partial charge in [0.1, 0.15) is 5.82 Å². The Hall–Kier alpha value is -3.82. The highest BCUT2D eigenvalue weighted by molar-refractivity contribution is 6.36. The van der Waals surface area contributed by atoms with E-state index in [1.165, 1.54) is 30.3 Å². The number of amides is 1. The molecule has 1 aliphatic heterocycles. The Morgan fingerprint density at radius 3 is 2.39 bits per heavy atom. The molecule has 1 saturated heterocycles. The largest absolute Gasteiger partial charge is 0.417 e. The summed E-state index contributed by atoms with van der Waals surface area (Å²) < 4.78 is 39.6. The second kappa shape index (κ2) is 9.35. The Bertz CT molecular complexity index is 1160. The number of benzene rings is 1. The van der Waals surface area contributed by atoms with Gasteiger partial charge in [-0.25, -0.2) is 4.98 Å². The number of Topliss-reactive ketones (excluding diaryl/α,β-unsaturated/α-hetero) is 1. The van der Waals surface area contributed by atoms with Gasteiger partial charge in [-0.15, -0.1) is 0 Å². The standard InChI is InChI=1S/C23H20F3N5O2/c24-23(25,26)18-7-2-1-6-17(18)19-10-9-16(29-30-19)14-27-22(33)20(32)13-15-5-3-8-21(28-15)31-11-4-12-31/h1-3,5-10H,4,11-14H2,(H,27,33). The number of nitrogens with zero attached hydrogens (tertiary/aromatic N) is 4. The molecule has 7 nitrogen and oxygen atoms in total. The lowest BCUT2D eigenvalue weighted by Crippen LogP contribution is -2.37. The van der Waals surface area contributed by atoms with E-state index < -0.39 is 23.4 Å². The molecule has 10 heteroatoms. The lowest BCUT2D eigenvalue weighted by molar-refractivity contribution is -0.137. The molecule has 3 aromatic rings. The van der Waals surface area contributed by atoms with Crippen molar-refractivity contribution >= 4 is 17.5 Å². The highest BCUT2D eigenvalue weighted by Gasteiger charge is 2.33. The van der Waals surface area contributed by atoms with Crippen LogP contribution < -0.4 is 10.2 Å². The van der Waals surface area contributed by atoms with Gasteiger partial charge in [-0.1, -0.05) is 24.3 Å². The predicted octanol–water partition coefficient (Wildman–Crippen LogP) is 3.20. The molecule has 1 amide bonds. The van der Waals surface area contributed by atoms with Crippen LogP contribution in [0.15, 0.2) is 54.6 Å². The third kappa shape index (κ3) is 5.33. The average molecular weight is 455 g/mol. The molecule has 1 aromatic carbocycles. The average Bonchev–Trinajstić information content (AvgIpc) is 2.76. The molecule has 4 rings (SSSR count). The normalized spacial score (nSPS) is 13.4. The molecule has 1 fully saturated rings. The van der Waals surface area contributed by atoms with E-state index in [-0.39, 0.29) is 24.2 Å². The first kappa shape index (κ1) is 22.4. The number of carbonyl (C=O) groups excluding carboxylic acids is 2. The van der Waals surface area contributed by atoms with Gasteiger partial charge in [0.25, 0.3) is 5.91 Å². The van der Waals surface area contributed by atoms with Crippen molar-refractivity contribution in [1.29, 1.82) is 0 Å². The van der Waals surface area contributed by atoms with Crippen LogP contribution in [0.4, 0.5) is 19.0 Å². The van der Waals surface area contributed by atoms with Crippen molar-refractivity contribution in [3.05, 3.63) is 71.5 Å². The summed E-state index contributed by atoms with van der Waals surface area (Å²) in [5, 5.41) is 10.2. The number of aromatic nitrogens is 3. The molecule has 3 heterocycles. The van der Waals surface area contributed by atoms with E-state index in [1.54, 1.807) is 12.1 Å². The molecule has 0 spiro atoms. The van der Waals surface area contributed by atoms with Crippen molar-refractivity contribution in [1.82, 2.24) is 20.5 Å². The number of pyridine rings is 1. The van der Waals surface area contributed by atoms with Crippen LogP contribution in [0.3, 0.4) is 0 Å². The molecule has 33 heavy (non-hydrogen) atoms. The van der Waals surface area contributed by atoms with Crippen LogP contribution in [0.1, 0.15) is 23.4 Å². The summed E-state index contributed by atoms with van der Waals surface area (Å²) in [6.07, 6.45) is -3.55. The van der Waals surface area contributed by atoms with Crippen molar-refractivity contribution < 1.29 is 22.8 Å². The maximum absolute atomic E-state index is 13.2. The molecule has 2 aromatic heterocycles. The lowest BCUT2D eigenvalue weighted by atomic mass is 10.0. The number of rotatable bonds is 7. The molecule has 0 radical (unpaired) electrons. The van der Waals surface area contributed by atoms with Gasteiger partial charge >= 0.3 is 6.18 Å². The fourth-order valence-electron chi connectivity index (χ4n) is 3.35. The Morgan fingerprint density at radius 1 is 0.939 bits per heavy atom. The van der Waals surface area contributed by atoms with E-state index in [4.69, 9.17) is 0 Å². The Kier molecular flexibility index (Phi) is 6.34. The number of hydrogen-bond donors (Lipinski definition) is 1. The van der Waals surface area contributed by atoms with Crippen LogP contribution in [-0.2, 0) is 28.7 Å². The van der Waals surface area contributed by atoms with Gasteiger partial charge in [-0.3, -0.25) is 9.59 Å². The first-order chi connectivity index (χ1) is 15.8. The number of anilines is 1. The van der Waals surface area contributed by atoms with Gasteiger partial charge < -0.3 is 10.2 Å². The molecule has 1 N–H and O–H groups in total. The van der Waals surface area contributed by atoms with Crippen LogP contribution in [0.2, 0.25) is 0 Å². The number of carbonyl (C=O) groups is 2. The molecule has 0 unspecified atom stereocenters. The van der Waals surface area contributed by atoms with Gasteiger partial charge in [-0.05, 0) is 36.8 Å². The molecule has 0 saturated carbocycles. The molecular weight excluding hydrogens is 435 g/mol. The fourth-order valence-corrected chi connectivity index (χ4v) is 3.35. The summed E-state index contributed by atoms with van der Waals surface area (Å²) in [5.41, 5.74) is -0.0227. The summed E-state index contributed by atoms with van der Waals surface area (Å²) >= 11 is 0. The molecule has 1 aliphatic rings. The van der Waals surface area contributed by atoms with E-state index in [0.717, 1.165) is 31.4 Å². The first-order valence-electron chi connectivity index (χ1n) is 10.3. The third-order valence-electron chi connectivity index (χ3n) is 5.23. The minimum Gasteiger partial charge on any atom is -0.356 e. The van der Waals surface area contributed by atoms with Crippen LogP contribution in [0.25, 0.3) is 11.3 Å². The molecule has 0 aliphatic carbocycles. The lowest BCUT2D eigenvalue weighted by Gasteiger charge is -2.32. The van der Waals surface area contributed by atoms with Gasteiger partial charge in [0.2, 0.25) is 5.78 Å². The summed E-state index contributed by atoms with van der Waals surface area (Å²) in [6.45, 7) is 1.76. The zero-order valence-corrected chi connectivity index (χ0v) is 17.5. The zero-order valence-electron chi connectivity index (χ0n) is 17.5. The Labute approximate surface area is 187 Å². The SMILES string of the molecule is O=C(Cc1cccc(N2CCC2)n1)C(=O)NCc1ccc(-c2ccccc2C(F)(F)F)nn1. The van der Waals surface area contributed by atoms with Crippen LogP contribution in [0, 0.1) is 0 Å². The summed E-state index contributed by atoms with van der Waals surface area (Å²) in [5.74, 6) is -0.652. The second-order valence-corrected chi connectivity index (χ2v) is 7.56. The number of nitrogens with one attached hydrogen (secondary N) is 1. The third-order valence-corrected chi connectivity index (χ3v) is 5.23. The van der Waals surface area contributed by atoms with Crippen molar-refractivity contribution in [3.63, 3.8) is 0 Å². The monoisotopic (exact) mass is 455 g/mol. The number of halogens is 3. The summed E-state index contributed by atoms with van der Waals surface area (Å²) in [7, 11) is 0. The zero-order chi connectivity index (χ0) is 23.4. The smallest absolute Gasteiger partial charge is 0.356 e. The van der Waals surface area contributed by atoms with Crippen molar-refractivity contribution in [2.45, 2.75) is 25.6 Å². The molecule has 0 bridgehead atoms. The van der Waals surface area contributed by atoms with Crippen molar-refractivity contribution in [2.24, 2.45) is 0 Å². The fraction of sp³-hybridized carbons (Fsp3) is 0.261. The topological polar surface area (TPSA) is 88.1 Å². The first-order valence-corrected chi connectivity index (χ1v) is 10.3. The second-order valence-electron chi connectivity index (χ2n) is 7.56. The van der Waals surface area contributed by atoms with E-state index in [0.29, 0.717) is 11.4 Å². The maximum atomic E-state index is 13.2. The number of alkyl halides is 3. The summed E-state index contributed by atoms with van der Waals surface area (Å²) in [4.78, 5) is 30.9. The van der Waals surface area contributed by atoms with Gasteiger partial charge in [-0.2, -0.15) is 23.4 Å². The van der Waals surface area contributed by atoms with Crippen molar-refractivity contribution in [2.75, 3.05) is 18.0 Å². The van der Waals surface area contributed by atoms with E-state index in [9.17, 15) is 22.8 Å². The van der Waals surface area contributed by atoms with Gasteiger partial charge in [0, 0.05) is 18.7 Å². The van der Waals surface area contributed by atoms with E-state index >= 15 is 0 Å². The van der Waals surface area contributed by atoms with Crippen LogP contribution >= 0.6 is 0 Å². The van der Waals surface area contributed by atoms with Gasteiger partial charge in [0.05, 0.1) is 35.6 Å². The summed E-state index contributed by atoms with van der Waals surface area (Å²) in [6, 6.07) is 13.3. The maximum Gasteiger partial charge on any atom is 0.417 e. The van der Waals surface area contributed by atoms with Gasteiger partial charge in [0.15, 0.2) is 0 Å². The number of ketones is 1. The Morgan fingerprint density at radius 2 is 1.73 bits per heavy atom. The predicted molar refractivity (Wildman–Crippen MR) is 114 cm³/mol. The van der Waals surface area contributed by atoms with Crippen LogP contribution in [0.5, 0.6) is 0 Å². The van der Waals surface area contributed by atoms with Crippen molar-refractivity contribution in [3.8, 4) is 11.3 Å². The molecular formula is C23H20F3N5O2. The van der Waals surface area contributed by atoms with Crippen LogP contribution in [-0.4, -0.2) is 40.0 Å². The Balaban J connectivity index is 1.35. The molecule has 170 valence electrons.